The van der Waals surface area contributed by atoms with Gasteiger partial charge in [0, 0.05) is 5.57 Å². The van der Waals surface area contributed by atoms with Crippen molar-refractivity contribution in [2.24, 2.45) is 11.7 Å². The van der Waals surface area contributed by atoms with Gasteiger partial charge in [-0.05, 0) is 31.6 Å². The Balaban J connectivity index is 1.81. The third-order valence-corrected chi connectivity index (χ3v) is 3.00. The molecule has 0 bridgehead atoms. The molecule has 13 heavy (non-hydrogen) atoms. The third kappa shape index (κ3) is 1.91. The maximum absolute atomic E-state index is 10.8. The number of carbonyl (C=O) groups is 1. The first-order valence-electron chi connectivity index (χ1n) is 4.80. The molecule has 1 aliphatic carbocycles. The van der Waals surface area contributed by atoms with Crippen molar-refractivity contribution in [1.82, 2.24) is 0 Å². The normalized spacial score (nSPS) is 36.5. The quantitative estimate of drug-likeness (QED) is 0.521. The Labute approximate surface area is 77.9 Å². The van der Waals surface area contributed by atoms with Gasteiger partial charge >= 0.3 is 0 Å². The first-order chi connectivity index (χ1) is 6.16. The van der Waals surface area contributed by atoms with E-state index in [9.17, 15) is 4.79 Å². The zero-order valence-electron chi connectivity index (χ0n) is 7.66. The summed E-state index contributed by atoms with van der Waals surface area (Å²) in [4.78, 5) is 10.8. The summed E-state index contributed by atoms with van der Waals surface area (Å²) < 4.78 is 5.40. The van der Waals surface area contributed by atoms with Crippen molar-refractivity contribution in [2.45, 2.75) is 37.9 Å². The number of nitrogens with two attached hydrogens (primary N) is 1. The Morgan fingerprint density at radius 1 is 1.46 bits per heavy atom. The summed E-state index contributed by atoms with van der Waals surface area (Å²) in [6.07, 6.45) is 5.12. The number of hydrogen-bond donors (Lipinski definition) is 1. The second-order valence-corrected chi connectivity index (χ2v) is 4.06. The number of epoxide rings is 1. The van der Waals surface area contributed by atoms with E-state index in [0.717, 1.165) is 25.7 Å². The Morgan fingerprint density at radius 2 is 2.23 bits per heavy atom. The molecule has 0 spiro atoms. The molecule has 3 unspecified atom stereocenters. The largest absolute Gasteiger partial charge is 0.370 e. The number of hydrogen-bond acceptors (Lipinski definition) is 2. The molecule has 3 nitrogen and oxygen atoms in total. The van der Waals surface area contributed by atoms with Crippen molar-refractivity contribution in [3.63, 3.8) is 0 Å². The molecule has 2 fully saturated rings. The fraction of sp³-hybridized carbons (Fsp3) is 0.700. The average molecular weight is 181 g/mol. The molecule has 72 valence electrons. The van der Waals surface area contributed by atoms with Gasteiger partial charge in [-0.2, -0.15) is 0 Å². The minimum atomic E-state index is -0.362. The number of amides is 1. The van der Waals surface area contributed by atoms with E-state index in [2.05, 4.69) is 6.58 Å². The number of rotatable bonds is 3. The van der Waals surface area contributed by atoms with Crippen LogP contribution < -0.4 is 5.73 Å². The topological polar surface area (TPSA) is 55.6 Å². The molecule has 1 heterocycles. The minimum absolute atomic E-state index is 0.362. The third-order valence-electron chi connectivity index (χ3n) is 3.00. The summed E-state index contributed by atoms with van der Waals surface area (Å²) >= 11 is 0. The van der Waals surface area contributed by atoms with Gasteiger partial charge in [0.2, 0.25) is 5.91 Å². The van der Waals surface area contributed by atoms with Crippen molar-refractivity contribution >= 4 is 5.91 Å². The molecule has 1 amide bonds. The average Bonchev–Trinajstić information content (AvgIpc) is 2.81. The van der Waals surface area contributed by atoms with Gasteiger partial charge in [-0.1, -0.05) is 6.58 Å². The van der Waals surface area contributed by atoms with Gasteiger partial charge in [0.1, 0.15) is 0 Å². The van der Waals surface area contributed by atoms with E-state index >= 15 is 0 Å². The molecule has 2 aliphatic rings. The second kappa shape index (κ2) is 3.14. The highest BCUT2D eigenvalue weighted by Crippen LogP contribution is 2.41. The fourth-order valence-corrected chi connectivity index (χ4v) is 2.12. The highest BCUT2D eigenvalue weighted by atomic mass is 16.6. The summed E-state index contributed by atoms with van der Waals surface area (Å²) in [5, 5.41) is 0. The van der Waals surface area contributed by atoms with Gasteiger partial charge in [-0.25, -0.2) is 0 Å². The molecule has 1 aliphatic heterocycles. The van der Waals surface area contributed by atoms with Crippen LogP contribution in [0.15, 0.2) is 12.2 Å². The van der Waals surface area contributed by atoms with Crippen LogP contribution in [0.5, 0.6) is 0 Å². The van der Waals surface area contributed by atoms with E-state index in [1.807, 2.05) is 0 Å². The predicted molar refractivity (Wildman–Crippen MR) is 49.0 cm³/mol. The van der Waals surface area contributed by atoms with Crippen LogP contribution >= 0.6 is 0 Å². The molecule has 2 N–H and O–H groups in total. The molecule has 2 rings (SSSR count). The van der Waals surface area contributed by atoms with Gasteiger partial charge in [0.05, 0.1) is 12.2 Å². The van der Waals surface area contributed by atoms with Crippen LogP contribution in [0.25, 0.3) is 0 Å². The Hall–Kier alpha value is -0.830. The van der Waals surface area contributed by atoms with Crippen LogP contribution in [0, 0.1) is 5.92 Å². The molecular formula is C10H15NO2. The minimum Gasteiger partial charge on any atom is -0.370 e. The zero-order chi connectivity index (χ0) is 9.42. The standard InChI is InChI=1S/C10H15NO2/c1-6(10(11)12)4-7-2-3-8-9(5-7)13-8/h7-9H,1-5H2,(H2,11,12). The molecule has 0 aromatic heterocycles. The lowest BCUT2D eigenvalue weighted by atomic mass is 9.85. The van der Waals surface area contributed by atoms with Crippen LogP contribution in [0.2, 0.25) is 0 Å². The van der Waals surface area contributed by atoms with Gasteiger partial charge < -0.3 is 10.5 Å². The summed E-state index contributed by atoms with van der Waals surface area (Å²) in [6, 6.07) is 0. The highest BCUT2D eigenvalue weighted by molar-refractivity contribution is 5.91. The van der Waals surface area contributed by atoms with Gasteiger partial charge in [0.25, 0.3) is 0 Å². The molecule has 0 aromatic rings. The number of carbonyl (C=O) groups excluding carboxylic acids is 1. The van der Waals surface area contributed by atoms with Crippen LogP contribution in [-0.2, 0) is 9.53 Å². The monoisotopic (exact) mass is 181 g/mol. The van der Waals surface area contributed by atoms with Gasteiger partial charge in [-0.15, -0.1) is 0 Å². The van der Waals surface area contributed by atoms with E-state index in [1.165, 1.54) is 0 Å². The van der Waals surface area contributed by atoms with E-state index < -0.39 is 0 Å². The second-order valence-electron chi connectivity index (χ2n) is 4.06. The first kappa shape index (κ1) is 8.75. The van der Waals surface area contributed by atoms with Gasteiger partial charge in [-0.3, -0.25) is 4.79 Å². The lowest BCUT2D eigenvalue weighted by Gasteiger charge is -2.18. The van der Waals surface area contributed by atoms with E-state index in [0.29, 0.717) is 23.7 Å². The maximum Gasteiger partial charge on any atom is 0.244 e. The first-order valence-corrected chi connectivity index (χ1v) is 4.80. The van der Waals surface area contributed by atoms with Crippen molar-refractivity contribution in [3.05, 3.63) is 12.2 Å². The molecule has 0 radical (unpaired) electrons. The summed E-state index contributed by atoms with van der Waals surface area (Å²) in [5.41, 5.74) is 5.69. The van der Waals surface area contributed by atoms with Crippen LogP contribution in [0.4, 0.5) is 0 Å². The molecule has 0 aromatic carbocycles. The van der Waals surface area contributed by atoms with E-state index in [-0.39, 0.29) is 5.91 Å². The smallest absolute Gasteiger partial charge is 0.244 e. The molecule has 3 heteroatoms. The van der Waals surface area contributed by atoms with Crippen LogP contribution in [0.1, 0.15) is 25.7 Å². The lowest BCUT2D eigenvalue weighted by molar-refractivity contribution is -0.114. The van der Waals surface area contributed by atoms with E-state index in [1.54, 1.807) is 0 Å². The van der Waals surface area contributed by atoms with Crippen LogP contribution in [-0.4, -0.2) is 18.1 Å². The van der Waals surface area contributed by atoms with Crippen LogP contribution in [0.3, 0.4) is 0 Å². The molecule has 1 saturated heterocycles. The molecule has 1 saturated carbocycles. The summed E-state index contributed by atoms with van der Waals surface area (Å²) in [5.74, 6) is 0.197. The Morgan fingerprint density at radius 3 is 2.85 bits per heavy atom. The van der Waals surface area contributed by atoms with Crippen molar-refractivity contribution in [3.8, 4) is 0 Å². The number of fused-ring (bicyclic) bond motifs is 1. The molecule has 3 atom stereocenters. The summed E-state index contributed by atoms with van der Waals surface area (Å²) in [6.45, 7) is 3.67. The SMILES string of the molecule is C=C(CC1CCC2OC2C1)C(N)=O. The van der Waals surface area contributed by atoms with Gasteiger partial charge in [0.15, 0.2) is 0 Å². The Kier molecular flexibility index (Phi) is 2.12. The van der Waals surface area contributed by atoms with Crippen molar-refractivity contribution < 1.29 is 9.53 Å². The Bertz CT molecular complexity index is 249. The van der Waals surface area contributed by atoms with Crippen molar-refractivity contribution in [1.29, 1.82) is 0 Å². The lowest BCUT2D eigenvalue weighted by Crippen LogP contribution is -2.19. The number of ether oxygens (including phenoxy) is 1. The van der Waals surface area contributed by atoms with E-state index in [4.69, 9.17) is 10.5 Å². The predicted octanol–water partition coefficient (Wildman–Crippen LogP) is 0.986. The molecular weight excluding hydrogens is 166 g/mol. The zero-order valence-corrected chi connectivity index (χ0v) is 7.66. The maximum atomic E-state index is 10.8. The fourth-order valence-electron chi connectivity index (χ4n) is 2.12. The number of primary amides is 1. The summed E-state index contributed by atoms with van der Waals surface area (Å²) in [7, 11) is 0. The highest BCUT2D eigenvalue weighted by Gasteiger charge is 2.43. The van der Waals surface area contributed by atoms with Crippen molar-refractivity contribution in [2.75, 3.05) is 0 Å².